The Morgan fingerprint density at radius 2 is 2.20 bits per heavy atom. The van der Waals surface area contributed by atoms with E-state index in [1.807, 2.05) is 0 Å². The zero-order chi connectivity index (χ0) is 22.0. The van der Waals surface area contributed by atoms with Gasteiger partial charge >= 0.3 is 5.97 Å². The number of ether oxygens (including phenoxy) is 1. The van der Waals surface area contributed by atoms with Crippen LogP contribution in [0, 0.1) is 0 Å². The summed E-state index contributed by atoms with van der Waals surface area (Å²) >= 11 is 2.32. The number of thiazole rings is 1. The van der Waals surface area contributed by atoms with E-state index in [-0.39, 0.29) is 40.2 Å². The molecule has 1 saturated heterocycles. The fourth-order valence-electron chi connectivity index (χ4n) is 2.87. The number of carboxylic acids is 1. The van der Waals surface area contributed by atoms with E-state index in [4.69, 9.17) is 10.5 Å². The van der Waals surface area contributed by atoms with Gasteiger partial charge in [0.05, 0.1) is 11.7 Å². The van der Waals surface area contributed by atoms with E-state index in [2.05, 4.69) is 20.3 Å². The van der Waals surface area contributed by atoms with Gasteiger partial charge in [-0.2, -0.15) is 0 Å². The number of esters is 1. The number of nitrogens with two attached hydrogens (primary N) is 1. The molecule has 12 nitrogen and oxygen atoms in total. The van der Waals surface area contributed by atoms with Gasteiger partial charge in [-0.1, -0.05) is 5.16 Å². The van der Waals surface area contributed by atoms with E-state index in [1.54, 1.807) is 0 Å². The van der Waals surface area contributed by atoms with Crippen LogP contribution in [0.25, 0.3) is 0 Å². The molecule has 0 aliphatic carbocycles. The summed E-state index contributed by atoms with van der Waals surface area (Å²) in [5.41, 5.74) is 5.46. The van der Waals surface area contributed by atoms with Gasteiger partial charge in [0.1, 0.15) is 30.8 Å². The van der Waals surface area contributed by atoms with Gasteiger partial charge in [0.2, 0.25) is 0 Å². The van der Waals surface area contributed by atoms with Gasteiger partial charge in [-0.25, -0.2) is 4.98 Å². The van der Waals surface area contributed by atoms with Gasteiger partial charge in [0.25, 0.3) is 11.8 Å². The lowest BCUT2D eigenvalue weighted by Gasteiger charge is -2.50. The minimum absolute atomic E-state index is 0.177. The third-order valence-corrected chi connectivity index (χ3v) is 6.15. The van der Waals surface area contributed by atoms with E-state index in [1.165, 1.54) is 31.2 Å². The molecule has 2 aliphatic rings. The number of carboxylic acid groups (broad SMARTS) is 1. The zero-order valence-electron chi connectivity index (χ0n) is 15.7. The van der Waals surface area contributed by atoms with Crippen molar-refractivity contribution in [2.45, 2.75) is 18.3 Å². The van der Waals surface area contributed by atoms with E-state index < -0.39 is 35.2 Å². The van der Waals surface area contributed by atoms with Gasteiger partial charge in [-0.15, -0.1) is 23.1 Å². The van der Waals surface area contributed by atoms with Crippen molar-refractivity contribution in [2.24, 2.45) is 5.16 Å². The van der Waals surface area contributed by atoms with Gasteiger partial charge in [-0.05, 0) is 0 Å². The van der Waals surface area contributed by atoms with Crippen LogP contribution in [0.3, 0.4) is 0 Å². The van der Waals surface area contributed by atoms with Crippen molar-refractivity contribution in [1.82, 2.24) is 15.2 Å². The molecule has 2 amide bonds. The third kappa shape index (κ3) is 4.09. The highest BCUT2D eigenvalue weighted by Gasteiger charge is 2.53. The maximum atomic E-state index is 12.6. The lowest BCUT2D eigenvalue weighted by Crippen LogP contribution is -2.71. The van der Waals surface area contributed by atoms with Crippen molar-refractivity contribution in [3.05, 3.63) is 22.3 Å². The molecule has 0 saturated carbocycles. The summed E-state index contributed by atoms with van der Waals surface area (Å²) in [5, 5.41) is 18.8. The number of hydrogen-bond acceptors (Lipinski definition) is 12. The number of nitrogen functional groups attached to an aromatic ring is 1. The molecular formula is C16H16N5O7S2-. The largest absolute Gasteiger partial charge is 0.543 e. The summed E-state index contributed by atoms with van der Waals surface area (Å²) in [7, 11) is 1.25. The van der Waals surface area contributed by atoms with E-state index in [9.17, 15) is 24.3 Å². The number of fused-ring (bicyclic) bond motifs is 1. The Balaban J connectivity index is 1.77. The Morgan fingerprint density at radius 3 is 2.77 bits per heavy atom. The molecule has 160 valence electrons. The number of nitrogens with zero attached hydrogens (tertiary/aromatic N) is 3. The molecule has 3 N–H and O–H groups in total. The van der Waals surface area contributed by atoms with Crippen molar-refractivity contribution in [2.75, 3.05) is 25.2 Å². The van der Waals surface area contributed by atoms with E-state index in [0.717, 1.165) is 16.2 Å². The summed E-state index contributed by atoms with van der Waals surface area (Å²) in [6.45, 7) is 0.919. The van der Waals surface area contributed by atoms with Gasteiger partial charge < -0.3 is 30.5 Å². The maximum absolute atomic E-state index is 12.6. The lowest BCUT2D eigenvalue weighted by molar-refractivity contribution is -0.301. The molecular weight excluding hydrogens is 438 g/mol. The molecule has 2 aliphatic heterocycles. The smallest absolute Gasteiger partial charge is 0.302 e. The number of aromatic nitrogens is 1. The molecule has 1 fully saturated rings. The Morgan fingerprint density at radius 1 is 1.47 bits per heavy atom. The fourth-order valence-corrected chi connectivity index (χ4v) is 4.75. The lowest BCUT2D eigenvalue weighted by atomic mass is 10.0. The SMILES string of the molecule is CO/N=C(/C(=O)N[C@H]1C(=O)N2C(C(=O)[O-])=C(COC(C)=O)CS[C@@H]12)c1csc(N)n1. The van der Waals surface area contributed by atoms with Crippen molar-refractivity contribution in [3.8, 4) is 0 Å². The standard InChI is InChI=1S/C16H17N5O7S2/c1-6(22)28-3-7-4-29-14-10(13(24)21(14)11(7)15(25)26)19-12(23)9(20-27-2)8-5-30-16(17)18-8/h5,10,14H,3-4H2,1-2H3,(H2,17,18)(H,19,23)(H,25,26)/p-1/b20-9+/t10-,14-/m0/s1. The predicted molar refractivity (Wildman–Crippen MR) is 104 cm³/mol. The topological polar surface area (TPSA) is 176 Å². The van der Waals surface area contributed by atoms with Crippen molar-refractivity contribution in [3.63, 3.8) is 0 Å². The monoisotopic (exact) mass is 454 g/mol. The van der Waals surface area contributed by atoms with Crippen LogP contribution >= 0.6 is 23.1 Å². The van der Waals surface area contributed by atoms with Crippen LogP contribution in [0.5, 0.6) is 0 Å². The highest BCUT2D eigenvalue weighted by molar-refractivity contribution is 8.00. The number of carbonyl (C=O) groups is 4. The first-order chi connectivity index (χ1) is 14.2. The van der Waals surface area contributed by atoms with E-state index >= 15 is 0 Å². The minimum Gasteiger partial charge on any atom is -0.543 e. The molecule has 0 spiro atoms. The van der Waals surface area contributed by atoms with Crippen molar-refractivity contribution < 1.29 is 33.9 Å². The molecule has 3 rings (SSSR count). The number of amides is 2. The summed E-state index contributed by atoms with van der Waals surface area (Å²) in [4.78, 5) is 57.5. The maximum Gasteiger partial charge on any atom is 0.302 e. The molecule has 14 heteroatoms. The molecule has 0 unspecified atom stereocenters. The number of thioether (sulfide) groups is 1. The molecule has 1 aromatic rings. The zero-order valence-corrected chi connectivity index (χ0v) is 17.4. The van der Waals surface area contributed by atoms with Gasteiger partial charge in [0, 0.05) is 23.6 Å². The number of nitrogens with one attached hydrogen (secondary N) is 1. The summed E-state index contributed by atoms with van der Waals surface area (Å²) in [5.74, 6) is -3.35. The molecule has 30 heavy (non-hydrogen) atoms. The van der Waals surface area contributed by atoms with E-state index in [0.29, 0.717) is 0 Å². The third-order valence-electron chi connectivity index (χ3n) is 4.14. The molecule has 1 aromatic heterocycles. The number of oxime groups is 1. The Kier molecular flexibility index (Phi) is 6.26. The molecule has 2 atom stereocenters. The van der Waals surface area contributed by atoms with Crippen LogP contribution in [0.15, 0.2) is 21.8 Å². The highest BCUT2D eigenvalue weighted by atomic mass is 32.2. The molecule has 0 aromatic carbocycles. The van der Waals surface area contributed by atoms with Crippen LogP contribution in [0.1, 0.15) is 12.6 Å². The summed E-state index contributed by atoms with van der Waals surface area (Å²) in [6, 6.07) is -0.995. The molecule has 0 bridgehead atoms. The average Bonchev–Trinajstić information content (AvgIpc) is 3.13. The first-order valence-corrected chi connectivity index (χ1v) is 10.3. The van der Waals surface area contributed by atoms with Crippen LogP contribution in [-0.4, -0.2) is 70.2 Å². The Labute approximate surface area is 178 Å². The van der Waals surface area contributed by atoms with Crippen LogP contribution in [-0.2, 0) is 28.8 Å². The molecule has 0 radical (unpaired) electrons. The predicted octanol–water partition coefficient (Wildman–Crippen LogP) is -1.96. The fraction of sp³-hybridized carbons (Fsp3) is 0.375. The Bertz CT molecular complexity index is 973. The van der Waals surface area contributed by atoms with Crippen LogP contribution < -0.4 is 16.2 Å². The summed E-state index contributed by atoms with van der Waals surface area (Å²) < 4.78 is 4.85. The number of aliphatic carboxylic acids is 1. The second-order valence-electron chi connectivity index (χ2n) is 6.07. The number of carbonyl (C=O) groups excluding carboxylic acids is 4. The number of β-lactam (4-membered cyclic amide) rings is 1. The number of anilines is 1. The normalized spacial score (nSPS) is 20.9. The minimum atomic E-state index is -1.57. The average molecular weight is 454 g/mol. The Hall–Kier alpha value is -3.13. The van der Waals surface area contributed by atoms with Crippen molar-refractivity contribution in [1.29, 1.82) is 0 Å². The summed E-state index contributed by atoms with van der Waals surface area (Å²) in [6.07, 6.45) is 0. The van der Waals surface area contributed by atoms with Gasteiger partial charge in [-0.3, -0.25) is 19.3 Å². The molecule has 3 heterocycles. The number of rotatable bonds is 7. The first kappa shape index (κ1) is 21.6. The highest BCUT2D eigenvalue weighted by Crippen LogP contribution is 2.40. The first-order valence-electron chi connectivity index (χ1n) is 8.39. The van der Waals surface area contributed by atoms with Crippen LogP contribution in [0.2, 0.25) is 0 Å². The second-order valence-corrected chi connectivity index (χ2v) is 8.07. The second kappa shape index (κ2) is 8.71. The van der Waals surface area contributed by atoms with Crippen LogP contribution in [0.4, 0.5) is 5.13 Å². The quantitative estimate of drug-likeness (QED) is 0.204. The number of hydrogen-bond donors (Lipinski definition) is 2. The van der Waals surface area contributed by atoms with Gasteiger partial charge in [0.15, 0.2) is 10.8 Å². The van der Waals surface area contributed by atoms with Crippen molar-refractivity contribution >= 4 is 57.7 Å².